The van der Waals surface area contributed by atoms with Gasteiger partial charge in [-0.25, -0.2) is 0 Å². The van der Waals surface area contributed by atoms with Crippen LogP contribution in [0.3, 0.4) is 0 Å². The molecule has 2 heteroatoms. The minimum atomic E-state index is 0.591. The van der Waals surface area contributed by atoms with E-state index in [0.29, 0.717) is 10.8 Å². The predicted octanol–water partition coefficient (Wildman–Crippen LogP) is 6.56. The standard InChI is InChI=1S/C19H30Br2/c1-18-8-3-4-14(18)13-5-6-16-17(21)10-12(20)11-19(16,2)15(13)7-9-18/h12-17H,3-11H2,1-2H3/t12?,13-,14-,15-,16-,17?,18-,19+/m0/s1. The van der Waals surface area contributed by atoms with Crippen LogP contribution in [-0.2, 0) is 0 Å². The van der Waals surface area contributed by atoms with Crippen LogP contribution in [0.1, 0.15) is 71.6 Å². The van der Waals surface area contributed by atoms with E-state index in [0.717, 1.165) is 33.3 Å². The lowest BCUT2D eigenvalue weighted by Gasteiger charge is -2.61. The normalized spacial score (nSPS) is 60.0. The van der Waals surface area contributed by atoms with Crippen molar-refractivity contribution in [1.29, 1.82) is 0 Å². The summed E-state index contributed by atoms with van der Waals surface area (Å²) >= 11 is 8.04. The van der Waals surface area contributed by atoms with Gasteiger partial charge in [-0.15, -0.1) is 0 Å². The van der Waals surface area contributed by atoms with E-state index in [1.165, 1.54) is 57.8 Å². The lowest BCUT2D eigenvalue weighted by atomic mass is 9.45. The summed E-state index contributed by atoms with van der Waals surface area (Å²) < 4.78 is 0. The minimum absolute atomic E-state index is 0.591. The Kier molecular flexibility index (Phi) is 3.86. The predicted molar refractivity (Wildman–Crippen MR) is 97.2 cm³/mol. The molecule has 21 heavy (non-hydrogen) atoms. The highest BCUT2D eigenvalue weighted by molar-refractivity contribution is 9.10. The molecule has 8 atom stereocenters. The number of rotatable bonds is 0. The number of hydrogen-bond donors (Lipinski definition) is 0. The first-order valence-electron chi connectivity index (χ1n) is 9.22. The summed E-state index contributed by atoms with van der Waals surface area (Å²) in [5.74, 6) is 4.04. The van der Waals surface area contributed by atoms with E-state index in [2.05, 4.69) is 45.7 Å². The van der Waals surface area contributed by atoms with Crippen molar-refractivity contribution in [1.82, 2.24) is 0 Å². The van der Waals surface area contributed by atoms with Crippen molar-refractivity contribution in [2.45, 2.75) is 81.3 Å². The summed E-state index contributed by atoms with van der Waals surface area (Å²) in [6.07, 6.45) is 13.4. The van der Waals surface area contributed by atoms with Gasteiger partial charge in [-0.05, 0) is 85.9 Å². The number of alkyl halides is 2. The van der Waals surface area contributed by atoms with Crippen molar-refractivity contribution >= 4 is 31.9 Å². The highest BCUT2D eigenvalue weighted by atomic mass is 79.9. The van der Waals surface area contributed by atoms with E-state index in [1.54, 1.807) is 0 Å². The number of halogens is 2. The van der Waals surface area contributed by atoms with E-state index in [1.807, 2.05) is 0 Å². The molecule has 0 N–H and O–H groups in total. The molecule has 4 aliphatic rings. The highest BCUT2D eigenvalue weighted by Crippen LogP contribution is 2.67. The monoisotopic (exact) mass is 416 g/mol. The molecule has 0 heterocycles. The topological polar surface area (TPSA) is 0 Å². The fourth-order valence-corrected chi connectivity index (χ4v) is 10.3. The van der Waals surface area contributed by atoms with Crippen molar-refractivity contribution in [3.8, 4) is 0 Å². The molecule has 4 fully saturated rings. The van der Waals surface area contributed by atoms with Crippen LogP contribution >= 0.6 is 31.9 Å². The summed E-state index contributed by atoms with van der Waals surface area (Å²) in [7, 11) is 0. The van der Waals surface area contributed by atoms with Crippen LogP contribution in [0.5, 0.6) is 0 Å². The SMILES string of the molecule is C[C@@]12CCC[C@H]1[C@@H]1CC[C@H]3C(Br)CC(Br)C[C@]3(C)[C@H]1CC2. The Labute approximate surface area is 147 Å². The zero-order chi connectivity index (χ0) is 14.8. The molecule has 0 aliphatic heterocycles. The molecule has 4 saturated carbocycles. The number of hydrogen-bond acceptors (Lipinski definition) is 0. The number of fused-ring (bicyclic) bond motifs is 5. The van der Waals surface area contributed by atoms with E-state index in [9.17, 15) is 0 Å². The second-order valence-electron chi connectivity index (χ2n) is 9.20. The summed E-state index contributed by atoms with van der Waals surface area (Å²) in [4.78, 5) is 1.48. The van der Waals surface area contributed by atoms with Crippen molar-refractivity contribution in [3.05, 3.63) is 0 Å². The minimum Gasteiger partial charge on any atom is -0.0890 e. The molecule has 4 rings (SSSR count). The summed E-state index contributed by atoms with van der Waals surface area (Å²) in [6, 6.07) is 0. The van der Waals surface area contributed by atoms with Crippen LogP contribution in [0, 0.1) is 34.5 Å². The van der Waals surface area contributed by atoms with Gasteiger partial charge in [0.15, 0.2) is 0 Å². The molecule has 0 amide bonds. The molecule has 2 unspecified atom stereocenters. The molecule has 0 radical (unpaired) electrons. The molecule has 0 spiro atoms. The lowest BCUT2D eigenvalue weighted by molar-refractivity contribution is -0.0985. The second kappa shape index (κ2) is 5.23. The van der Waals surface area contributed by atoms with E-state index >= 15 is 0 Å². The zero-order valence-electron chi connectivity index (χ0n) is 13.6. The molecule has 0 nitrogen and oxygen atoms in total. The van der Waals surface area contributed by atoms with Gasteiger partial charge in [-0.3, -0.25) is 0 Å². The fraction of sp³-hybridized carbons (Fsp3) is 1.00. The molecule has 120 valence electrons. The average Bonchev–Trinajstić information content (AvgIpc) is 2.79. The molecule has 0 aromatic heterocycles. The van der Waals surface area contributed by atoms with Gasteiger partial charge in [-0.2, -0.15) is 0 Å². The Hall–Kier alpha value is 0.960. The Morgan fingerprint density at radius 2 is 1.67 bits per heavy atom. The van der Waals surface area contributed by atoms with Crippen molar-refractivity contribution < 1.29 is 0 Å². The van der Waals surface area contributed by atoms with Crippen LogP contribution in [0.4, 0.5) is 0 Å². The Bertz CT molecular complexity index is 422. The van der Waals surface area contributed by atoms with Crippen LogP contribution in [0.25, 0.3) is 0 Å². The Morgan fingerprint density at radius 1 is 0.857 bits per heavy atom. The second-order valence-corrected chi connectivity index (χ2v) is 11.7. The van der Waals surface area contributed by atoms with E-state index < -0.39 is 0 Å². The fourth-order valence-electron chi connectivity index (χ4n) is 7.34. The molecule has 0 saturated heterocycles. The average molecular weight is 418 g/mol. The molecular formula is C19H30Br2. The first-order valence-corrected chi connectivity index (χ1v) is 11.1. The van der Waals surface area contributed by atoms with Gasteiger partial charge in [0.25, 0.3) is 0 Å². The van der Waals surface area contributed by atoms with Gasteiger partial charge >= 0.3 is 0 Å². The van der Waals surface area contributed by atoms with E-state index in [-0.39, 0.29) is 0 Å². The molecular weight excluding hydrogens is 388 g/mol. The Balaban J connectivity index is 1.66. The largest absolute Gasteiger partial charge is 0.0890 e. The van der Waals surface area contributed by atoms with Crippen LogP contribution in [-0.4, -0.2) is 9.65 Å². The molecule has 0 aromatic rings. The van der Waals surface area contributed by atoms with Gasteiger partial charge in [0.05, 0.1) is 0 Å². The maximum absolute atomic E-state index is 4.06. The maximum atomic E-state index is 4.06. The summed E-state index contributed by atoms with van der Waals surface area (Å²) in [6.45, 7) is 5.28. The van der Waals surface area contributed by atoms with E-state index in [4.69, 9.17) is 0 Å². The van der Waals surface area contributed by atoms with Crippen molar-refractivity contribution in [3.63, 3.8) is 0 Å². The van der Waals surface area contributed by atoms with Gasteiger partial charge < -0.3 is 0 Å². The molecule has 4 aliphatic carbocycles. The summed E-state index contributed by atoms with van der Waals surface area (Å²) in [5, 5.41) is 0. The van der Waals surface area contributed by atoms with Crippen LogP contribution < -0.4 is 0 Å². The third kappa shape index (κ3) is 2.24. The third-order valence-electron chi connectivity index (χ3n) is 8.30. The summed E-state index contributed by atoms with van der Waals surface area (Å²) in [5.41, 5.74) is 1.30. The van der Waals surface area contributed by atoms with Gasteiger partial charge in [-0.1, -0.05) is 52.1 Å². The van der Waals surface area contributed by atoms with Crippen molar-refractivity contribution in [2.75, 3.05) is 0 Å². The maximum Gasteiger partial charge on any atom is 0.0190 e. The smallest absolute Gasteiger partial charge is 0.0190 e. The van der Waals surface area contributed by atoms with Crippen molar-refractivity contribution in [2.24, 2.45) is 34.5 Å². The van der Waals surface area contributed by atoms with Crippen LogP contribution in [0.2, 0.25) is 0 Å². The first-order chi connectivity index (χ1) is 9.94. The molecule has 0 bridgehead atoms. The van der Waals surface area contributed by atoms with Crippen LogP contribution in [0.15, 0.2) is 0 Å². The van der Waals surface area contributed by atoms with Gasteiger partial charge in [0.2, 0.25) is 0 Å². The van der Waals surface area contributed by atoms with Gasteiger partial charge in [0.1, 0.15) is 0 Å². The quantitative estimate of drug-likeness (QED) is 0.391. The van der Waals surface area contributed by atoms with Gasteiger partial charge in [0, 0.05) is 9.65 Å². The third-order valence-corrected chi connectivity index (χ3v) is 10.0. The first kappa shape index (κ1) is 15.5. The zero-order valence-corrected chi connectivity index (χ0v) is 16.8. The lowest BCUT2D eigenvalue weighted by Crippen LogP contribution is -2.55. The molecule has 0 aromatic carbocycles. The Morgan fingerprint density at radius 3 is 2.48 bits per heavy atom. The highest BCUT2D eigenvalue weighted by Gasteiger charge is 2.59.